The lowest BCUT2D eigenvalue weighted by molar-refractivity contribution is -0.165. The standard InChI is InChI=1S/C15H24O5/c1-7-11(19-14(17)9(3)4)13(16)12(8-2)20-15(18)10(5)6/h11-13,16H,3,5,7-8H2,1-2,4,6H3. The first-order valence-corrected chi connectivity index (χ1v) is 6.65. The summed E-state index contributed by atoms with van der Waals surface area (Å²) in [6.45, 7) is 13.6. The Hall–Kier alpha value is -1.62. The van der Waals surface area contributed by atoms with Crippen molar-refractivity contribution in [2.24, 2.45) is 0 Å². The largest absolute Gasteiger partial charge is 0.456 e. The maximum Gasteiger partial charge on any atom is 0.333 e. The van der Waals surface area contributed by atoms with Crippen molar-refractivity contribution >= 4 is 11.9 Å². The summed E-state index contributed by atoms with van der Waals surface area (Å²) in [4.78, 5) is 23.0. The van der Waals surface area contributed by atoms with Gasteiger partial charge in [-0.25, -0.2) is 9.59 Å². The molecule has 0 saturated carbocycles. The Morgan fingerprint density at radius 3 is 1.45 bits per heavy atom. The van der Waals surface area contributed by atoms with Gasteiger partial charge >= 0.3 is 11.9 Å². The number of hydrogen-bond donors (Lipinski definition) is 1. The summed E-state index contributed by atoms with van der Waals surface area (Å²) >= 11 is 0. The summed E-state index contributed by atoms with van der Waals surface area (Å²) in [6.07, 6.45) is -1.77. The van der Waals surface area contributed by atoms with Gasteiger partial charge in [0.1, 0.15) is 18.3 Å². The van der Waals surface area contributed by atoms with Gasteiger partial charge in [-0.1, -0.05) is 27.0 Å². The molecule has 0 bridgehead atoms. The van der Waals surface area contributed by atoms with Gasteiger partial charge in [0.05, 0.1) is 0 Å². The van der Waals surface area contributed by atoms with E-state index in [2.05, 4.69) is 13.2 Å². The maximum atomic E-state index is 11.5. The van der Waals surface area contributed by atoms with E-state index in [4.69, 9.17) is 9.47 Å². The SMILES string of the molecule is C=C(C)C(=O)OC(CC)C(O)C(CC)OC(=O)C(=C)C. The highest BCUT2D eigenvalue weighted by Crippen LogP contribution is 2.16. The number of ether oxygens (including phenoxy) is 2. The van der Waals surface area contributed by atoms with Gasteiger partial charge < -0.3 is 14.6 Å². The first-order valence-electron chi connectivity index (χ1n) is 6.65. The molecule has 0 aromatic rings. The zero-order valence-electron chi connectivity index (χ0n) is 12.6. The van der Waals surface area contributed by atoms with Gasteiger partial charge in [-0.05, 0) is 26.7 Å². The highest BCUT2D eigenvalue weighted by atomic mass is 16.6. The highest BCUT2D eigenvalue weighted by molar-refractivity contribution is 5.87. The van der Waals surface area contributed by atoms with Crippen LogP contribution in [0.5, 0.6) is 0 Å². The number of hydrogen-bond acceptors (Lipinski definition) is 5. The molecule has 114 valence electrons. The highest BCUT2D eigenvalue weighted by Gasteiger charge is 2.31. The molecule has 5 heteroatoms. The number of rotatable bonds is 8. The number of carbonyl (C=O) groups is 2. The Morgan fingerprint density at radius 2 is 1.25 bits per heavy atom. The average Bonchev–Trinajstić information content (AvgIpc) is 2.40. The minimum absolute atomic E-state index is 0.252. The summed E-state index contributed by atoms with van der Waals surface area (Å²) in [5.74, 6) is -1.14. The molecule has 0 aliphatic rings. The van der Waals surface area contributed by atoms with Crippen LogP contribution >= 0.6 is 0 Å². The van der Waals surface area contributed by atoms with E-state index in [9.17, 15) is 14.7 Å². The van der Waals surface area contributed by atoms with Crippen LogP contribution in [-0.4, -0.2) is 35.4 Å². The van der Waals surface area contributed by atoms with Crippen LogP contribution in [0.3, 0.4) is 0 Å². The van der Waals surface area contributed by atoms with Gasteiger partial charge in [0.15, 0.2) is 0 Å². The van der Waals surface area contributed by atoms with Crippen LogP contribution in [0.25, 0.3) is 0 Å². The molecule has 1 N–H and O–H groups in total. The van der Waals surface area contributed by atoms with Crippen LogP contribution in [0.2, 0.25) is 0 Å². The van der Waals surface area contributed by atoms with Gasteiger partial charge in [0.2, 0.25) is 0 Å². The van der Waals surface area contributed by atoms with E-state index in [-0.39, 0.29) is 11.1 Å². The molecule has 0 rings (SSSR count). The lowest BCUT2D eigenvalue weighted by Crippen LogP contribution is -2.42. The Bertz CT molecular complexity index is 350. The molecule has 2 atom stereocenters. The van der Waals surface area contributed by atoms with Crippen LogP contribution in [0.4, 0.5) is 0 Å². The van der Waals surface area contributed by atoms with E-state index < -0.39 is 30.3 Å². The number of aliphatic hydroxyl groups excluding tert-OH is 1. The first-order chi connectivity index (χ1) is 9.24. The topological polar surface area (TPSA) is 72.8 Å². The zero-order chi connectivity index (χ0) is 15.9. The summed E-state index contributed by atoms with van der Waals surface area (Å²) < 4.78 is 10.3. The molecule has 0 amide bonds. The van der Waals surface area contributed by atoms with Crippen LogP contribution in [0.1, 0.15) is 40.5 Å². The Labute approximate surface area is 120 Å². The van der Waals surface area contributed by atoms with Crippen molar-refractivity contribution in [1.82, 2.24) is 0 Å². The molecular weight excluding hydrogens is 260 g/mol. The molecule has 0 aromatic carbocycles. The Kier molecular flexibility index (Phi) is 7.84. The third-order valence-corrected chi connectivity index (χ3v) is 2.78. The second-order valence-corrected chi connectivity index (χ2v) is 4.76. The van der Waals surface area contributed by atoms with Crippen molar-refractivity contribution in [3.8, 4) is 0 Å². The van der Waals surface area contributed by atoms with Gasteiger partial charge in [0, 0.05) is 11.1 Å². The summed E-state index contributed by atoms with van der Waals surface area (Å²) in [5.41, 5.74) is 0.505. The van der Waals surface area contributed by atoms with E-state index in [0.717, 1.165) is 0 Å². The van der Waals surface area contributed by atoms with Crippen molar-refractivity contribution in [3.63, 3.8) is 0 Å². The van der Waals surface area contributed by atoms with Crippen LogP contribution in [0, 0.1) is 0 Å². The third kappa shape index (κ3) is 5.57. The predicted octanol–water partition coefficient (Wildman–Crippen LogP) is 2.14. The fourth-order valence-electron chi connectivity index (χ4n) is 1.50. The molecule has 0 saturated heterocycles. The normalized spacial score (nSPS) is 14.8. The van der Waals surface area contributed by atoms with E-state index in [1.807, 2.05) is 0 Å². The van der Waals surface area contributed by atoms with E-state index in [1.54, 1.807) is 13.8 Å². The fourth-order valence-corrected chi connectivity index (χ4v) is 1.50. The van der Waals surface area contributed by atoms with E-state index in [1.165, 1.54) is 13.8 Å². The smallest absolute Gasteiger partial charge is 0.333 e. The van der Waals surface area contributed by atoms with Crippen molar-refractivity contribution in [1.29, 1.82) is 0 Å². The molecule has 0 radical (unpaired) electrons. The maximum absolute atomic E-state index is 11.5. The molecule has 0 aliphatic carbocycles. The van der Waals surface area contributed by atoms with Gasteiger partial charge in [0.25, 0.3) is 0 Å². The minimum Gasteiger partial charge on any atom is -0.456 e. The van der Waals surface area contributed by atoms with Crippen molar-refractivity contribution in [2.45, 2.75) is 58.8 Å². The summed E-state index contributed by atoms with van der Waals surface area (Å²) in [5, 5.41) is 10.2. The monoisotopic (exact) mass is 284 g/mol. The Morgan fingerprint density at radius 1 is 0.950 bits per heavy atom. The molecule has 5 nitrogen and oxygen atoms in total. The molecular formula is C15H24O5. The first kappa shape index (κ1) is 18.4. The fraction of sp³-hybridized carbons (Fsp3) is 0.600. The molecule has 20 heavy (non-hydrogen) atoms. The molecule has 0 spiro atoms. The van der Waals surface area contributed by atoms with Crippen LogP contribution in [0.15, 0.2) is 24.3 Å². The lowest BCUT2D eigenvalue weighted by atomic mass is 10.0. The Balaban J connectivity index is 4.81. The van der Waals surface area contributed by atoms with Gasteiger partial charge in [-0.2, -0.15) is 0 Å². The molecule has 0 fully saturated rings. The molecule has 0 aliphatic heterocycles. The summed E-state index contributed by atoms with van der Waals surface area (Å²) in [7, 11) is 0. The van der Waals surface area contributed by atoms with E-state index in [0.29, 0.717) is 12.8 Å². The van der Waals surface area contributed by atoms with Crippen molar-refractivity contribution < 1.29 is 24.2 Å². The molecule has 0 heterocycles. The van der Waals surface area contributed by atoms with Gasteiger partial charge in [-0.3, -0.25) is 0 Å². The second kappa shape index (κ2) is 8.53. The predicted molar refractivity (Wildman–Crippen MR) is 76.0 cm³/mol. The van der Waals surface area contributed by atoms with Crippen LogP contribution in [-0.2, 0) is 19.1 Å². The number of aliphatic hydroxyl groups is 1. The molecule has 0 aromatic heterocycles. The lowest BCUT2D eigenvalue weighted by Gasteiger charge is -2.28. The second-order valence-electron chi connectivity index (χ2n) is 4.76. The van der Waals surface area contributed by atoms with Crippen molar-refractivity contribution in [2.75, 3.05) is 0 Å². The number of carbonyl (C=O) groups excluding carboxylic acids is 2. The third-order valence-electron chi connectivity index (χ3n) is 2.78. The van der Waals surface area contributed by atoms with E-state index >= 15 is 0 Å². The van der Waals surface area contributed by atoms with Gasteiger partial charge in [-0.15, -0.1) is 0 Å². The summed E-state index contributed by atoms with van der Waals surface area (Å²) in [6, 6.07) is 0. The van der Waals surface area contributed by atoms with Crippen LogP contribution < -0.4 is 0 Å². The molecule has 2 unspecified atom stereocenters. The average molecular weight is 284 g/mol. The van der Waals surface area contributed by atoms with Crippen molar-refractivity contribution in [3.05, 3.63) is 24.3 Å². The minimum atomic E-state index is -1.09. The quantitative estimate of drug-likeness (QED) is 0.546. The zero-order valence-corrected chi connectivity index (χ0v) is 12.6. The number of esters is 2.